The van der Waals surface area contributed by atoms with Crippen molar-refractivity contribution in [2.24, 2.45) is 0 Å². The fourth-order valence-electron chi connectivity index (χ4n) is 1.66. The van der Waals surface area contributed by atoms with Gasteiger partial charge in [0.25, 0.3) is 5.91 Å². The van der Waals surface area contributed by atoms with Crippen LogP contribution in [0.1, 0.15) is 40.9 Å². The lowest BCUT2D eigenvalue weighted by Gasteiger charge is -2.02. The molecule has 1 saturated carbocycles. The molecular formula is C11H11ClN6O. The lowest BCUT2D eigenvalue weighted by Crippen LogP contribution is -2.16. The number of aromatic amines is 1. The lowest BCUT2D eigenvalue weighted by molar-refractivity contribution is 0.101. The molecule has 0 saturated heterocycles. The molecule has 2 aromatic rings. The van der Waals surface area contributed by atoms with Crippen molar-refractivity contribution in [2.75, 3.05) is 5.32 Å². The topological polar surface area (TPSA) is 96.5 Å². The molecule has 7 nitrogen and oxygen atoms in total. The maximum Gasteiger partial charge on any atom is 0.297 e. The maximum absolute atomic E-state index is 11.9. The summed E-state index contributed by atoms with van der Waals surface area (Å²) in [7, 11) is 0. The Bertz CT molecular complexity index is 616. The van der Waals surface area contributed by atoms with E-state index in [9.17, 15) is 4.79 Å². The molecule has 1 fully saturated rings. The molecule has 3 rings (SSSR count). The van der Waals surface area contributed by atoms with Crippen LogP contribution in [0.2, 0.25) is 5.15 Å². The van der Waals surface area contributed by atoms with E-state index in [0.717, 1.165) is 18.7 Å². The average Bonchev–Trinajstić information content (AvgIpc) is 3.05. The van der Waals surface area contributed by atoms with Crippen LogP contribution in [-0.4, -0.2) is 31.1 Å². The molecule has 98 valence electrons. The number of halogens is 1. The number of amides is 1. The van der Waals surface area contributed by atoms with Crippen molar-refractivity contribution in [1.29, 1.82) is 0 Å². The number of aromatic nitrogens is 5. The molecule has 2 N–H and O–H groups in total. The Balaban J connectivity index is 1.75. The maximum atomic E-state index is 11.9. The van der Waals surface area contributed by atoms with Gasteiger partial charge in [0, 0.05) is 11.6 Å². The predicted molar refractivity (Wildman–Crippen MR) is 68.1 cm³/mol. The third kappa shape index (κ3) is 2.70. The molecule has 0 aliphatic heterocycles. The highest BCUT2D eigenvalue weighted by molar-refractivity contribution is 6.29. The average molecular weight is 279 g/mol. The molecule has 1 aliphatic carbocycles. The van der Waals surface area contributed by atoms with Crippen LogP contribution < -0.4 is 5.32 Å². The van der Waals surface area contributed by atoms with Crippen LogP contribution in [0.4, 0.5) is 5.95 Å². The molecule has 0 atom stereocenters. The normalized spacial score (nSPS) is 14.4. The van der Waals surface area contributed by atoms with Gasteiger partial charge in [-0.25, -0.2) is 15.0 Å². The summed E-state index contributed by atoms with van der Waals surface area (Å²) in [5, 5.41) is 9.45. The van der Waals surface area contributed by atoms with Crippen molar-refractivity contribution in [3.05, 3.63) is 28.6 Å². The van der Waals surface area contributed by atoms with Crippen molar-refractivity contribution in [1.82, 2.24) is 25.1 Å². The number of H-pyrrole nitrogens is 1. The van der Waals surface area contributed by atoms with Crippen LogP contribution in [0.5, 0.6) is 0 Å². The Morgan fingerprint density at radius 2 is 2.21 bits per heavy atom. The number of hydrogen-bond acceptors (Lipinski definition) is 5. The van der Waals surface area contributed by atoms with Gasteiger partial charge in [0.2, 0.25) is 11.8 Å². The fourth-order valence-corrected chi connectivity index (χ4v) is 1.90. The van der Waals surface area contributed by atoms with Crippen LogP contribution in [0.25, 0.3) is 0 Å². The number of carbonyl (C=O) groups excluding carboxylic acids is 1. The van der Waals surface area contributed by atoms with Crippen LogP contribution in [-0.2, 0) is 0 Å². The van der Waals surface area contributed by atoms with Gasteiger partial charge in [0.1, 0.15) is 11.0 Å². The van der Waals surface area contributed by atoms with Gasteiger partial charge >= 0.3 is 0 Å². The Hall–Kier alpha value is -2.02. The van der Waals surface area contributed by atoms with E-state index in [2.05, 4.69) is 30.5 Å². The lowest BCUT2D eigenvalue weighted by atomic mass is 10.4. The summed E-state index contributed by atoms with van der Waals surface area (Å²) in [5.41, 5.74) is 0.670. The number of nitrogens with zero attached hydrogens (tertiary/aromatic N) is 4. The summed E-state index contributed by atoms with van der Waals surface area (Å²) in [6, 6.07) is 1.61. The molecule has 19 heavy (non-hydrogen) atoms. The summed E-state index contributed by atoms with van der Waals surface area (Å²) in [6.45, 7) is 1.77. The Labute approximate surface area is 113 Å². The number of anilines is 1. The molecule has 1 amide bonds. The second-order valence-corrected chi connectivity index (χ2v) is 4.82. The van der Waals surface area contributed by atoms with Crippen LogP contribution >= 0.6 is 11.6 Å². The largest absolute Gasteiger partial charge is 0.297 e. The third-order valence-corrected chi connectivity index (χ3v) is 2.91. The molecule has 2 heterocycles. The van der Waals surface area contributed by atoms with Crippen LogP contribution in [0, 0.1) is 6.92 Å². The number of hydrogen-bond donors (Lipinski definition) is 2. The summed E-state index contributed by atoms with van der Waals surface area (Å²) in [4.78, 5) is 24.0. The molecule has 0 aromatic carbocycles. The van der Waals surface area contributed by atoms with Gasteiger partial charge in [-0.15, -0.1) is 5.10 Å². The number of nitrogens with one attached hydrogen (secondary N) is 2. The van der Waals surface area contributed by atoms with Crippen LogP contribution in [0.3, 0.4) is 0 Å². The van der Waals surface area contributed by atoms with E-state index in [-0.39, 0.29) is 16.9 Å². The minimum Gasteiger partial charge on any atom is -0.288 e. The van der Waals surface area contributed by atoms with Gasteiger partial charge in [0.15, 0.2) is 0 Å². The highest BCUT2D eigenvalue weighted by Gasteiger charge is 2.28. The van der Waals surface area contributed by atoms with Gasteiger partial charge < -0.3 is 0 Å². The Kier molecular flexibility index (Phi) is 2.90. The molecular weight excluding hydrogens is 268 g/mol. The third-order valence-electron chi connectivity index (χ3n) is 2.72. The van der Waals surface area contributed by atoms with Crippen molar-refractivity contribution < 1.29 is 4.79 Å². The van der Waals surface area contributed by atoms with E-state index < -0.39 is 5.91 Å². The SMILES string of the molecule is Cc1cc(Cl)nc(NC(=O)c2n[nH]c(C3CC3)n2)n1. The first-order chi connectivity index (χ1) is 9.11. The van der Waals surface area contributed by atoms with E-state index in [0.29, 0.717) is 11.6 Å². The molecule has 0 unspecified atom stereocenters. The van der Waals surface area contributed by atoms with Gasteiger partial charge in [-0.3, -0.25) is 15.2 Å². The Morgan fingerprint density at radius 1 is 1.42 bits per heavy atom. The zero-order valence-corrected chi connectivity index (χ0v) is 10.9. The number of rotatable bonds is 3. The highest BCUT2D eigenvalue weighted by Crippen LogP contribution is 2.37. The van der Waals surface area contributed by atoms with E-state index >= 15 is 0 Å². The quantitative estimate of drug-likeness (QED) is 0.833. The van der Waals surface area contributed by atoms with E-state index in [1.165, 1.54) is 0 Å². The minimum absolute atomic E-state index is 0.0862. The van der Waals surface area contributed by atoms with Crippen molar-refractivity contribution in [3.63, 3.8) is 0 Å². The molecule has 0 spiro atoms. The number of carbonyl (C=O) groups is 1. The zero-order chi connectivity index (χ0) is 13.4. The van der Waals surface area contributed by atoms with Gasteiger partial charge in [0.05, 0.1) is 0 Å². The minimum atomic E-state index is -0.454. The zero-order valence-electron chi connectivity index (χ0n) is 10.1. The van der Waals surface area contributed by atoms with E-state index in [1.54, 1.807) is 13.0 Å². The molecule has 0 radical (unpaired) electrons. The first-order valence-corrected chi connectivity index (χ1v) is 6.24. The summed E-state index contributed by atoms with van der Waals surface area (Å²) < 4.78 is 0. The molecule has 0 bridgehead atoms. The van der Waals surface area contributed by atoms with Gasteiger partial charge in [-0.2, -0.15) is 0 Å². The van der Waals surface area contributed by atoms with E-state index in [4.69, 9.17) is 11.6 Å². The second kappa shape index (κ2) is 4.58. The highest BCUT2D eigenvalue weighted by atomic mass is 35.5. The molecule has 1 aliphatic rings. The van der Waals surface area contributed by atoms with Crippen molar-refractivity contribution in [2.45, 2.75) is 25.7 Å². The standard InChI is InChI=1S/C11H11ClN6O/c1-5-4-7(12)14-11(13-5)16-10(19)9-15-8(17-18-9)6-2-3-6/h4,6H,2-3H2,1H3,(H,15,17,18)(H,13,14,16,19). The summed E-state index contributed by atoms with van der Waals surface area (Å²) in [6.07, 6.45) is 2.18. The summed E-state index contributed by atoms with van der Waals surface area (Å²) in [5.74, 6) is 0.952. The first kappa shape index (κ1) is 12.0. The fraction of sp³-hybridized carbons (Fsp3) is 0.364. The van der Waals surface area contributed by atoms with Crippen molar-refractivity contribution >= 4 is 23.5 Å². The predicted octanol–water partition coefficient (Wildman–Crippen LogP) is 1.69. The Morgan fingerprint density at radius 3 is 2.89 bits per heavy atom. The van der Waals surface area contributed by atoms with Crippen LogP contribution in [0.15, 0.2) is 6.07 Å². The van der Waals surface area contributed by atoms with Crippen molar-refractivity contribution in [3.8, 4) is 0 Å². The summed E-state index contributed by atoms with van der Waals surface area (Å²) >= 11 is 5.79. The second-order valence-electron chi connectivity index (χ2n) is 4.43. The molecule has 8 heteroatoms. The molecule has 2 aromatic heterocycles. The van der Waals surface area contributed by atoms with Gasteiger partial charge in [-0.1, -0.05) is 11.6 Å². The smallest absolute Gasteiger partial charge is 0.288 e. The van der Waals surface area contributed by atoms with E-state index in [1.807, 2.05) is 0 Å². The van der Waals surface area contributed by atoms with Gasteiger partial charge in [-0.05, 0) is 25.8 Å². The number of aryl methyl sites for hydroxylation is 1. The monoisotopic (exact) mass is 278 g/mol. The first-order valence-electron chi connectivity index (χ1n) is 5.86.